The lowest BCUT2D eigenvalue weighted by Gasteiger charge is -2.34. The molecule has 96 valence electrons. The zero-order valence-electron chi connectivity index (χ0n) is 10.2. The maximum atomic E-state index is 12.4. The summed E-state index contributed by atoms with van der Waals surface area (Å²) in [7, 11) is 1.89. The number of carbonyl (C=O) groups is 1. The number of rotatable bonds is 2. The summed E-state index contributed by atoms with van der Waals surface area (Å²) in [5.41, 5.74) is 0. The van der Waals surface area contributed by atoms with Gasteiger partial charge in [0.25, 0.3) is 0 Å². The van der Waals surface area contributed by atoms with Crippen LogP contribution < -0.4 is 5.32 Å². The van der Waals surface area contributed by atoms with Gasteiger partial charge in [-0.3, -0.25) is 4.79 Å². The SMILES string of the molecule is CNC1COCC1C(=O)N1CC2CCC(C1)O2. The van der Waals surface area contributed by atoms with E-state index in [4.69, 9.17) is 9.47 Å². The molecule has 0 aliphatic carbocycles. The zero-order valence-corrected chi connectivity index (χ0v) is 10.2. The lowest BCUT2D eigenvalue weighted by atomic mass is 10.0. The van der Waals surface area contributed by atoms with Crippen molar-refractivity contribution in [1.29, 1.82) is 0 Å². The van der Waals surface area contributed by atoms with E-state index in [1.807, 2.05) is 11.9 Å². The molecule has 0 saturated carbocycles. The predicted molar refractivity (Wildman–Crippen MR) is 61.6 cm³/mol. The van der Waals surface area contributed by atoms with E-state index in [2.05, 4.69) is 5.32 Å². The minimum atomic E-state index is -0.0162. The van der Waals surface area contributed by atoms with Crippen LogP contribution >= 0.6 is 0 Å². The van der Waals surface area contributed by atoms with Crippen LogP contribution in [0.2, 0.25) is 0 Å². The van der Waals surface area contributed by atoms with Gasteiger partial charge >= 0.3 is 0 Å². The quantitative estimate of drug-likeness (QED) is 0.714. The molecular weight excluding hydrogens is 220 g/mol. The summed E-state index contributed by atoms with van der Waals surface area (Å²) in [6.45, 7) is 2.73. The van der Waals surface area contributed by atoms with Gasteiger partial charge in [0, 0.05) is 19.1 Å². The van der Waals surface area contributed by atoms with Gasteiger partial charge in [0.05, 0.1) is 31.3 Å². The van der Waals surface area contributed by atoms with Gasteiger partial charge in [-0.1, -0.05) is 0 Å². The fraction of sp³-hybridized carbons (Fsp3) is 0.917. The second-order valence-electron chi connectivity index (χ2n) is 5.24. The van der Waals surface area contributed by atoms with Gasteiger partial charge in [-0.2, -0.15) is 0 Å². The Morgan fingerprint density at radius 3 is 2.59 bits per heavy atom. The zero-order chi connectivity index (χ0) is 11.8. The second kappa shape index (κ2) is 4.55. The van der Waals surface area contributed by atoms with E-state index < -0.39 is 0 Å². The van der Waals surface area contributed by atoms with Crippen molar-refractivity contribution in [3.05, 3.63) is 0 Å². The van der Waals surface area contributed by atoms with Crippen LogP contribution in [0.25, 0.3) is 0 Å². The molecule has 1 N–H and O–H groups in total. The number of carbonyl (C=O) groups excluding carboxylic acids is 1. The summed E-state index contributed by atoms with van der Waals surface area (Å²) >= 11 is 0. The van der Waals surface area contributed by atoms with Crippen LogP contribution in [0, 0.1) is 5.92 Å². The Morgan fingerprint density at radius 1 is 1.24 bits per heavy atom. The monoisotopic (exact) mass is 240 g/mol. The van der Waals surface area contributed by atoms with Crippen LogP contribution in [0.5, 0.6) is 0 Å². The predicted octanol–water partition coefficient (Wildman–Crippen LogP) is -0.389. The summed E-state index contributed by atoms with van der Waals surface area (Å²) in [6, 6.07) is 0.169. The molecule has 4 unspecified atom stereocenters. The molecule has 0 spiro atoms. The molecule has 1 amide bonds. The van der Waals surface area contributed by atoms with Crippen molar-refractivity contribution in [1.82, 2.24) is 10.2 Å². The van der Waals surface area contributed by atoms with E-state index in [0.717, 1.165) is 25.9 Å². The van der Waals surface area contributed by atoms with Crippen LogP contribution in [0.1, 0.15) is 12.8 Å². The van der Waals surface area contributed by atoms with Crippen molar-refractivity contribution < 1.29 is 14.3 Å². The van der Waals surface area contributed by atoms with Gasteiger partial charge in [0.15, 0.2) is 0 Å². The molecule has 5 nitrogen and oxygen atoms in total. The van der Waals surface area contributed by atoms with Gasteiger partial charge in [0.1, 0.15) is 0 Å². The van der Waals surface area contributed by atoms with E-state index in [1.54, 1.807) is 0 Å². The van der Waals surface area contributed by atoms with Crippen molar-refractivity contribution in [2.45, 2.75) is 31.1 Å². The van der Waals surface area contributed by atoms with Crippen molar-refractivity contribution in [3.63, 3.8) is 0 Å². The molecule has 3 aliphatic rings. The highest BCUT2D eigenvalue weighted by molar-refractivity contribution is 5.80. The number of morpholine rings is 1. The highest BCUT2D eigenvalue weighted by Gasteiger charge is 2.41. The number of ether oxygens (including phenoxy) is 2. The Bertz CT molecular complexity index is 298. The Balaban J connectivity index is 1.65. The molecule has 0 aromatic carbocycles. The third kappa shape index (κ3) is 2.07. The average Bonchev–Trinajstić information content (AvgIpc) is 2.94. The van der Waals surface area contributed by atoms with Crippen molar-refractivity contribution >= 4 is 5.91 Å². The molecule has 3 heterocycles. The van der Waals surface area contributed by atoms with Gasteiger partial charge in [-0.25, -0.2) is 0 Å². The van der Waals surface area contributed by atoms with E-state index in [0.29, 0.717) is 13.2 Å². The lowest BCUT2D eigenvalue weighted by Crippen LogP contribution is -2.51. The Kier molecular flexibility index (Phi) is 3.06. The third-order valence-corrected chi connectivity index (χ3v) is 4.12. The van der Waals surface area contributed by atoms with Gasteiger partial charge < -0.3 is 19.7 Å². The first-order valence-electron chi connectivity index (χ1n) is 6.47. The number of nitrogens with one attached hydrogen (secondary N) is 1. The largest absolute Gasteiger partial charge is 0.379 e. The van der Waals surface area contributed by atoms with Crippen LogP contribution in [0.15, 0.2) is 0 Å². The summed E-state index contributed by atoms with van der Waals surface area (Å²) in [5.74, 6) is 0.222. The van der Waals surface area contributed by atoms with Crippen LogP contribution in [0.3, 0.4) is 0 Å². The molecular formula is C12H20N2O3. The fourth-order valence-electron chi connectivity index (χ4n) is 3.11. The maximum Gasteiger partial charge on any atom is 0.229 e. The van der Waals surface area contributed by atoms with Crippen molar-refractivity contribution in [3.8, 4) is 0 Å². The molecule has 17 heavy (non-hydrogen) atoms. The summed E-state index contributed by atoms with van der Waals surface area (Å²) in [4.78, 5) is 14.4. The van der Waals surface area contributed by atoms with Gasteiger partial charge in [0.2, 0.25) is 5.91 Å². The third-order valence-electron chi connectivity index (χ3n) is 4.12. The normalized spacial score (nSPS) is 40.9. The molecule has 0 aromatic heterocycles. The summed E-state index contributed by atoms with van der Waals surface area (Å²) in [6.07, 6.45) is 2.75. The highest BCUT2D eigenvalue weighted by atomic mass is 16.5. The highest BCUT2D eigenvalue weighted by Crippen LogP contribution is 2.28. The standard InChI is InChI=1S/C12H20N2O3/c1-13-11-7-16-6-10(11)12(15)14-4-8-2-3-9(5-14)17-8/h8-11,13H,2-7H2,1H3. The Hall–Kier alpha value is -0.650. The van der Waals surface area contributed by atoms with E-state index in [-0.39, 0.29) is 30.1 Å². The molecule has 2 bridgehead atoms. The number of likely N-dealkylation sites (N-methyl/N-ethyl adjacent to an activating group) is 1. The van der Waals surface area contributed by atoms with E-state index in [9.17, 15) is 4.79 Å². The first-order valence-corrected chi connectivity index (χ1v) is 6.47. The molecule has 0 aromatic rings. The molecule has 3 aliphatic heterocycles. The fourth-order valence-corrected chi connectivity index (χ4v) is 3.11. The van der Waals surface area contributed by atoms with Crippen LogP contribution in [-0.4, -0.2) is 62.4 Å². The molecule has 5 heteroatoms. The number of fused-ring (bicyclic) bond motifs is 2. The minimum absolute atomic E-state index is 0.0162. The van der Waals surface area contributed by atoms with Crippen molar-refractivity contribution in [2.24, 2.45) is 5.92 Å². The number of likely N-dealkylation sites (tertiary alicyclic amines) is 1. The average molecular weight is 240 g/mol. The number of nitrogens with zero attached hydrogens (tertiary/aromatic N) is 1. The summed E-state index contributed by atoms with van der Waals surface area (Å²) < 4.78 is 11.2. The molecule has 0 radical (unpaired) electrons. The molecule has 3 saturated heterocycles. The topological polar surface area (TPSA) is 50.8 Å². The molecule has 3 rings (SSSR count). The molecule has 4 atom stereocenters. The second-order valence-corrected chi connectivity index (χ2v) is 5.24. The van der Waals surface area contributed by atoms with Crippen LogP contribution in [-0.2, 0) is 14.3 Å². The maximum absolute atomic E-state index is 12.4. The van der Waals surface area contributed by atoms with Crippen LogP contribution in [0.4, 0.5) is 0 Å². The summed E-state index contributed by atoms with van der Waals surface area (Å²) in [5, 5.41) is 3.17. The van der Waals surface area contributed by atoms with Gasteiger partial charge in [-0.05, 0) is 19.9 Å². The van der Waals surface area contributed by atoms with E-state index in [1.165, 1.54) is 0 Å². The Labute approximate surface area is 101 Å². The van der Waals surface area contributed by atoms with E-state index >= 15 is 0 Å². The first kappa shape index (κ1) is 11.4. The number of hydrogen-bond donors (Lipinski definition) is 1. The Morgan fingerprint density at radius 2 is 1.94 bits per heavy atom. The number of amides is 1. The minimum Gasteiger partial charge on any atom is -0.379 e. The number of hydrogen-bond acceptors (Lipinski definition) is 4. The smallest absolute Gasteiger partial charge is 0.229 e. The molecule has 3 fully saturated rings. The first-order chi connectivity index (χ1) is 8.28. The van der Waals surface area contributed by atoms with Crippen molar-refractivity contribution in [2.75, 3.05) is 33.4 Å². The van der Waals surface area contributed by atoms with Gasteiger partial charge in [-0.15, -0.1) is 0 Å². The lowest BCUT2D eigenvalue weighted by molar-refractivity contribution is -0.144.